The highest BCUT2D eigenvalue weighted by atomic mass is 35.5. The molecule has 0 aromatic heterocycles. The molecule has 0 aliphatic heterocycles. The molecular formula is C16H13ClN2O4S. The summed E-state index contributed by atoms with van der Waals surface area (Å²) in [4.78, 5) is 27.3. The Morgan fingerprint density at radius 2 is 1.79 bits per heavy atom. The molecule has 8 heteroatoms. The summed E-state index contributed by atoms with van der Waals surface area (Å²) in [6.07, 6.45) is 0. The molecule has 6 nitrogen and oxygen atoms in total. The zero-order valence-corrected chi connectivity index (χ0v) is 14.4. The maximum absolute atomic E-state index is 10.8. The highest BCUT2D eigenvalue weighted by Gasteiger charge is 2.09. The third-order valence-electron chi connectivity index (χ3n) is 2.92. The molecule has 0 unspecified atom stereocenters. The fourth-order valence-corrected chi connectivity index (χ4v) is 3.05. The van der Waals surface area contributed by atoms with Gasteiger partial charge in [0, 0.05) is 34.4 Å². The van der Waals surface area contributed by atoms with E-state index in [2.05, 4.69) is 9.99 Å². The molecule has 2 aromatic carbocycles. The van der Waals surface area contributed by atoms with Gasteiger partial charge in [0.05, 0.1) is 15.7 Å². The van der Waals surface area contributed by atoms with Crippen molar-refractivity contribution in [1.29, 1.82) is 0 Å². The fraction of sp³-hybridized carbons (Fsp3) is 0.125. The maximum Gasteiger partial charge on any atom is 0.331 e. The van der Waals surface area contributed by atoms with Crippen molar-refractivity contribution in [1.82, 2.24) is 0 Å². The van der Waals surface area contributed by atoms with E-state index in [1.807, 2.05) is 6.07 Å². The van der Waals surface area contributed by atoms with Crippen LogP contribution >= 0.6 is 23.4 Å². The number of carbonyl (C=O) groups excluding carboxylic acids is 1. The van der Waals surface area contributed by atoms with E-state index in [0.717, 1.165) is 9.79 Å². The minimum Gasteiger partial charge on any atom is -0.318 e. The van der Waals surface area contributed by atoms with Gasteiger partial charge < -0.3 is 4.84 Å². The zero-order chi connectivity index (χ0) is 17.7. The Labute approximate surface area is 147 Å². The van der Waals surface area contributed by atoms with Gasteiger partial charge in [-0.1, -0.05) is 34.6 Å². The van der Waals surface area contributed by atoms with Gasteiger partial charge in [-0.25, -0.2) is 4.79 Å². The van der Waals surface area contributed by atoms with Crippen molar-refractivity contribution in [2.24, 2.45) is 5.16 Å². The van der Waals surface area contributed by atoms with E-state index in [-0.39, 0.29) is 5.69 Å². The van der Waals surface area contributed by atoms with Crippen molar-refractivity contribution < 1.29 is 14.6 Å². The average Bonchev–Trinajstić information content (AvgIpc) is 2.53. The number of rotatable bonds is 5. The molecule has 0 heterocycles. The van der Waals surface area contributed by atoms with Gasteiger partial charge in [0.1, 0.15) is 0 Å². The van der Waals surface area contributed by atoms with Crippen molar-refractivity contribution in [3.8, 4) is 0 Å². The number of hydrogen-bond acceptors (Lipinski definition) is 6. The summed E-state index contributed by atoms with van der Waals surface area (Å²) in [6, 6.07) is 11.6. The van der Waals surface area contributed by atoms with E-state index < -0.39 is 10.9 Å². The molecule has 2 aromatic rings. The molecule has 0 saturated carbocycles. The first kappa shape index (κ1) is 18.0. The zero-order valence-electron chi connectivity index (χ0n) is 12.9. The van der Waals surface area contributed by atoms with Crippen LogP contribution in [-0.4, -0.2) is 16.6 Å². The number of nitro benzene ring substituents is 1. The van der Waals surface area contributed by atoms with Crippen molar-refractivity contribution in [3.05, 3.63) is 63.2 Å². The van der Waals surface area contributed by atoms with Gasteiger partial charge >= 0.3 is 5.97 Å². The van der Waals surface area contributed by atoms with Crippen LogP contribution in [0.5, 0.6) is 0 Å². The molecule has 0 radical (unpaired) electrons. The van der Waals surface area contributed by atoms with Crippen LogP contribution in [0.1, 0.15) is 19.4 Å². The van der Waals surface area contributed by atoms with Crippen LogP contribution in [0, 0.1) is 10.1 Å². The number of hydrogen-bond donors (Lipinski definition) is 0. The summed E-state index contributed by atoms with van der Waals surface area (Å²) in [5.41, 5.74) is 1.19. The normalized spacial score (nSPS) is 11.2. The van der Waals surface area contributed by atoms with Gasteiger partial charge in [0.2, 0.25) is 0 Å². The number of nitro groups is 1. The van der Waals surface area contributed by atoms with Gasteiger partial charge in [0.15, 0.2) is 0 Å². The summed E-state index contributed by atoms with van der Waals surface area (Å²) in [5.74, 6) is -0.504. The molecule has 124 valence electrons. The first-order valence-corrected chi connectivity index (χ1v) is 8.00. The minimum absolute atomic E-state index is 0.0463. The number of benzene rings is 2. The van der Waals surface area contributed by atoms with Crippen LogP contribution in [0.15, 0.2) is 57.4 Å². The Balaban J connectivity index is 2.15. The van der Waals surface area contributed by atoms with Gasteiger partial charge in [-0.3, -0.25) is 10.1 Å². The molecule has 0 atom stereocenters. The Morgan fingerprint density at radius 3 is 2.33 bits per heavy atom. The lowest BCUT2D eigenvalue weighted by atomic mass is 10.1. The lowest BCUT2D eigenvalue weighted by Gasteiger charge is -2.07. The SMILES string of the molecule is CC(=O)O/N=C(\C)c1ccc(Sc2ccc([N+](=O)[O-])cc2)cc1Cl. The summed E-state index contributed by atoms with van der Waals surface area (Å²) < 4.78 is 0. The highest BCUT2D eigenvalue weighted by molar-refractivity contribution is 7.99. The maximum atomic E-state index is 10.8. The van der Waals surface area contributed by atoms with Crippen molar-refractivity contribution >= 4 is 40.7 Å². The van der Waals surface area contributed by atoms with Crippen molar-refractivity contribution in [2.75, 3.05) is 0 Å². The number of non-ortho nitro benzene ring substituents is 1. The molecule has 0 amide bonds. The molecule has 24 heavy (non-hydrogen) atoms. The lowest BCUT2D eigenvalue weighted by molar-refractivity contribution is -0.384. The summed E-state index contributed by atoms with van der Waals surface area (Å²) >= 11 is 7.68. The topological polar surface area (TPSA) is 81.8 Å². The predicted molar refractivity (Wildman–Crippen MR) is 92.6 cm³/mol. The number of carbonyl (C=O) groups is 1. The van der Waals surface area contributed by atoms with E-state index in [1.54, 1.807) is 31.2 Å². The second-order valence-corrected chi connectivity index (χ2v) is 6.31. The van der Waals surface area contributed by atoms with Crippen molar-refractivity contribution in [2.45, 2.75) is 23.6 Å². The number of nitrogens with zero attached hydrogens (tertiary/aromatic N) is 2. The molecule has 0 spiro atoms. The number of oxime groups is 1. The lowest BCUT2D eigenvalue weighted by Crippen LogP contribution is -2.00. The number of halogens is 1. The van der Waals surface area contributed by atoms with Crippen LogP contribution < -0.4 is 0 Å². The van der Waals surface area contributed by atoms with E-state index in [9.17, 15) is 14.9 Å². The third kappa shape index (κ3) is 4.81. The molecule has 0 aliphatic carbocycles. The van der Waals surface area contributed by atoms with Gasteiger partial charge in [0.25, 0.3) is 5.69 Å². The molecule has 0 saturated heterocycles. The predicted octanol–water partition coefficient (Wildman–Crippen LogP) is 4.69. The first-order chi connectivity index (χ1) is 11.4. The van der Waals surface area contributed by atoms with E-state index >= 15 is 0 Å². The van der Waals surface area contributed by atoms with Crippen molar-refractivity contribution in [3.63, 3.8) is 0 Å². The monoisotopic (exact) mass is 364 g/mol. The highest BCUT2D eigenvalue weighted by Crippen LogP contribution is 2.32. The summed E-state index contributed by atoms with van der Waals surface area (Å²) in [7, 11) is 0. The molecule has 0 fully saturated rings. The van der Waals surface area contributed by atoms with Crippen LogP contribution in [-0.2, 0) is 9.63 Å². The van der Waals surface area contributed by atoms with E-state index in [4.69, 9.17) is 11.6 Å². The summed E-state index contributed by atoms with van der Waals surface area (Å²) in [6.45, 7) is 2.95. The second kappa shape index (κ2) is 7.94. The first-order valence-electron chi connectivity index (χ1n) is 6.81. The largest absolute Gasteiger partial charge is 0.331 e. The Hall–Kier alpha value is -2.38. The van der Waals surface area contributed by atoms with Gasteiger partial charge in [-0.2, -0.15) is 0 Å². The van der Waals surface area contributed by atoms with Crippen LogP contribution in [0.2, 0.25) is 5.02 Å². The van der Waals surface area contributed by atoms with Gasteiger partial charge in [-0.05, 0) is 31.2 Å². The molecule has 0 aliphatic rings. The smallest absolute Gasteiger partial charge is 0.318 e. The fourth-order valence-electron chi connectivity index (χ4n) is 1.81. The Kier molecular flexibility index (Phi) is 5.94. The average molecular weight is 365 g/mol. The van der Waals surface area contributed by atoms with E-state index in [1.165, 1.54) is 30.8 Å². The third-order valence-corrected chi connectivity index (χ3v) is 4.23. The van der Waals surface area contributed by atoms with Crippen LogP contribution in [0.4, 0.5) is 5.69 Å². The Bertz CT molecular complexity index is 806. The molecule has 2 rings (SSSR count). The standard InChI is InChI=1S/C16H13ClN2O4S/c1-10(18-23-11(2)20)15-8-7-14(9-16(15)17)24-13-5-3-12(4-6-13)19(21)22/h3-9H,1-2H3/b18-10+. The van der Waals surface area contributed by atoms with Crippen LogP contribution in [0.25, 0.3) is 0 Å². The second-order valence-electron chi connectivity index (χ2n) is 4.75. The van der Waals surface area contributed by atoms with Crippen LogP contribution in [0.3, 0.4) is 0 Å². The Morgan fingerprint density at radius 1 is 1.17 bits per heavy atom. The molecule has 0 bridgehead atoms. The summed E-state index contributed by atoms with van der Waals surface area (Å²) in [5, 5.41) is 14.8. The van der Waals surface area contributed by atoms with E-state index in [0.29, 0.717) is 16.3 Å². The minimum atomic E-state index is -0.504. The quantitative estimate of drug-likeness (QED) is 0.333. The molecule has 0 N–H and O–H groups in total. The molecular weight excluding hydrogens is 352 g/mol. The van der Waals surface area contributed by atoms with Gasteiger partial charge in [-0.15, -0.1) is 0 Å².